The summed E-state index contributed by atoms with van der Waals surface area (Å²) in [5.74, 6) is 0.834. The molecule has 8 bridgehead atoms. The number of aromatic nitrogens is 4. The van der Waals surface area contributed by atoms with E-state index in [1.807, 2.05) is 18.2 Å². The molecule has 0 aromatic carbocycles. The van der Waals surface area contributed by atoms with Gasteiger partial charge in [0.15, 0.2) is 0 Å². The summed E-state index contributed by atoms with van der Waals surface area (Å²) in [7, 11) is 0. The number of hydrogen-bond acceptors (Lipinski definition) is 3. The number of hydrogen-bond donors (Lipinski definition) is 2. The zero-order valence-corrected chi connectivity index (χ0v) is 19.3. The van der Waals surface area contributed by atoms with Gasteiger partial charge in [0.1, 0.15) is 0 Å². The van der Waals surface area contributed by atoms with Gasteiger partial charge in [-0.15, -0.1) is 0 Å². The van der Waals surface area contributed by atoms with Crippen molar-refractivity contribution in [1.29, 1.82) is 0 Å². The summed E-state index contributed by atoms with van der Waals surface area (Å²) >= 11 is 0. The van der Waals surface area contributed by atoms with Crippen molar-refractivity contribution in [1.82, 2.24) is 19.9 Å². The van der Waals surface area contributed by atoms with Crippen LogP contribution in [0.1, 0.15) is 61.3 Å². The predicted octanol–water partition coefficient (Wildman–Crippen LogP) is 6.81. The fraction of sp³-hybridized carbons (Fsp3) is 0.310. The van der Waals surface area contributed by atoms with E-state index in [-0.39, 0.29) is 0 Å². The Morgan fingerprint density at radius 3 is 2.15 bits per heavy atom. The highest BCUT2D eigenvalue weighted by Crippen LogP contribution is 2.39. The molecule has 34 heavy (non-hydrogen) atoms. The molecule has 170 valence electrons. The van der Waals surface area contributed by atoms with Gasteiger partial charge in [-0.2, -0.15) is 0 Å². The summed E-state index contributed by atoms with van der Waals surface area (Å²) in [5, 5.41) is 0. The Labute approximate surface area is 199 Å². The van der Waals surface area contributed by atoms with Crippen molar-refractivity contribution >= 4 is 52.1 Å². The molecule has 4 aliphatic rings. The van der Waals surface area contributed by atoms with Crippen molar-refractivity contribution in [3.8, 4) is 0 Å². The van der Waals surface area contributed by atoms with Crippen LogP contribution in [0.15, 0.2) is 42.5 Å². The van der Waals surface area contributed by atoms with Gasteiger partial charge in [0.2, 0.25) is 0 Å². The number of nitrogens with one attached hydrogen (secondary N) is 2. The Balaban J connectivity index is 1.45. The van der Waals surface area contributed by atoms with E-state index in [9.17, 15) is 0 Å². The molecule has 3 aromatic heterocycles. The quantitative estimate of drug-likeness (QED) is 0.297. The highest BCUT2D eigenvalue weighted by molar-refractivity contribution is 5.84. The van der Waals surface area contributed by atoms with Crippen LogP contribution in [0.4, 0.5) is 5.69 Å². The molecule has 1 aliphatic carbocycles. The normalized spacial score (nSPS) is 21.6. The molecular weight excluding hydrogens is 418 g/mol. The number of aromatic amines is 2. The number of nitrogens with zero attached hydrogens (tertiary/aromatic N) is 3. The van der Waals surface area contributed by atoms with Crippen LogP contribution < -0.4 is 4.90 Å². The third-order valence-corrected chi connectivity index (χ3v) is 7.70. The van der Waals surface area contributed by atoms with Gasteiger partial charge < -0.3 is 14.9 Å². The average molecular weight is 448 g/mol. The maximum Gasteiger partial charge on any atom is 0.0659 e. The molecule has 1 saturated heterocycles. The van der Waals surface area contributed by atoms with Crippen molar-refractivity contribution in [2.75, 3.05) is 11.4 Å². The standard InChI is InChI=1S/C29H29N5/c1-2-6-28-19(4-1)5-3-13-34(28)29-18-26-16-24-10-9-22(31-24)14-20-7-8-21(30-20)15-23-11-12-25(32-23)17-27(29)33-26/h7-12,14-19,28,31,33H,1-6,13H2. The summed E-state index contributed by atoms with van der Waals surface area (Å²) in [5.41, 5.74) is 9.52. The Kier molecular flexibility index (Phi) is 4.67. The van der Waals surface area contributed by atoms with E-state index in [4.69, 9.17) is 9.97 Å². The van der Waals surface area contributed by atoms with E-state index in [0.717, 1.165) is 57.3 Å². The molecule has 0 radical (unpaired) electrons. The number of H-pyrrole nitrogens is 2. The van der Waals surface area contributed by atoms with Crippen LogP contribution in [0.25, 0.3) is 46.4 Å². The fourth-order valence-corrected chi connectivity index (χ4v) is 6.16. The van der Waals surface area contributed by atoms with E-state index >= 15 is 0 Å². The van der Waals surface area contributed by atoms with E-state index in [2.05, 4.69) is 63.4 Å². The predicted molar refractivity (Wildman–Crippen MR) is 141 cm³/mol. The Hall–Kier alpha value is -3.60. The van der Waals surface area contributed by atoms with E-state index in [1.165, 1.54) is 44.2 Å². The lowest BCUT2D eigenvalue weighted by Crippen LogP contribution is -2.46. The second-order valence-corrected chi connectivity index (χ2v) is 10.0. The monoisotopic (exact) mass is 447 g/mol. The second-order valence-electron chi connectivity index (χ2n) is 10.0. The van der Waals surface area contributed by atoms with E-state index in [0.29, 0.717) is 6.04 Å². The summed E-state index contributed by atoms with van der Waals surface area (Å²) in [6.45, 7) is 1.14. The summed E-state index contributed by atoms with van der Waals surface area (Å²) in [6.07, 6.45) is 16.4. The Morgan fingerprint density at radius 2 is 1.32 bits per heavy atom. The van der Waals surface area contributed by atoms with Gasteiger partial charge in [-0.1, -0.05) is 12.8 Å². The molecule has 2 N–H and O–H groups in total. The molecule has 0 spiro atoms. The second kappa shape index (κ2) is 8.01. The van der Waals surface area contributed by atoms with Crippen LogP contribution in [-0.4, -0.2) is 32.5 Å². The maximum absolute atomic E-state index is 4.87. The average Bonchev–Trinajstić information content (AvgIpc) is 3.64. The molecule has 2 atom stereocenters. The first kappa shape index (κ1) is 19.8. The van der Waals surface area contributed by atoms with Crippen molar-refractivity contribution in [2.45, 2.75) is 44.6 Å². The van der Waals surface area contributed by atoms with Gasteiger partial charge in [-0.25, -0.2) is 9.97 Å². The first-order valence-electron chi connectivity index (χ1n) is 12.6. The topological polar surface area (TPSA) is 60.6 Å². The van der Waals surface area contributed by atoms with Gasteiger partial charge in [0.25, 0.3) is 0 Å². The smallest absolute Gasteiger partial charge is 0.0659 e. The highest BCUT2D eigenvalue weighted by atomic mass is 15.2. The van der Waals surface area contributed by atoms with Crippen LogP contribution in [0.5, 0.6) is 0 Å². The molecule has 6 heterocycles. The lowest BCUT2D eigenvalue weighted by Gasteiger charge is -2.45. The molecule has 2 fully saturated rings. The van der Waals surface area contributed by atoms with Gasteiger partial charge in [0, 0.05) is 29.1 Å². The molecule has 0 amide bonds. The minimum Gasteiger partial charge on any atom is -0.367 e. The van der Waals surface area contributed by atoms with Crippen LogP contribution in [0.3, 0.4) is 0 Å². The zero-order valence-electron chi connectivity index (χ0n) is 19.3. The first-order chi connectivity index (χ1) is 16.8. The number of rotatable bonds is 1. The van der Waals surface area contributed by atoms with Gasteiger partial charge in [-0.05, 0) is 98.4 Å². The summed E-state index contributed by atoms with van der Waals surface area (Å²) in [6, 6.07) is 15.8. The van der Waals surface area contributed by atoms with Crippen molar-refractivity contribution in [3.63, 3.8) is 0 Å². The van der Waals surface area contributed by atoms with Gasteiger partial charge in [-0.3, -0.25) is 0 Å². The molecule has 5 heteroatoms. The van der Waals surface area contributed by atoms with Crippen LogP contribution in [0.2, 0.25) is 0 Å². The van der Waals surface area contributed by atoms with E-state index in [1.54, 1.807) is 0 Å². The lowest BCUT2D eigenvalue weighted by atomic mass is 9.78. The third-order valence-electron chi connectivity index (χ3n) is 7.70. The van der Waals surface area contributed by atoms with Crippen LogP contribution in [-0.2, 0) is 0 Å². The lowest BCUT2D eigenvalue weighted by molar-refractivity contribution is 0.244. The number of fused-ring (bicyclic) bond motifs is 9. The first-order valence-corrected chi connectivity index (χ1v) is 12.6. The molecular formula is C29H29N5. The Bertz CT molecular complexity index is 1470. The summed E-state index contributed by atoms with van der Waals surface area (Å²) < 4.78 is 0. The zero-order chi connectivity index (χ0) is 22.5. The van der Waals surface area contributed by atoms with Crippen LogP contribution in [0, 0.1) is 5.92 Å². The molecule has 5 nitrogen and oxygen atoms in total. The SMILES string of the molecule is C1=Cc2cc3ccc(cc4cc(N5CCCC6CCCCC65)c(cc5nc(cc1n2)C=C5)[nH]4)[nH]3. The maximum atomic E-state index is 4.87. The fourth-order valence-electron chi connectivity index (χ4n) is 6.16. The van der Waals surface area contributed by atoms with E-state index < -0.39 is 0 Å². The number of anilines is 1. The van der Waals surface area contributed by atoms with Gasteiger partial charge >= 0.3 is 0 Å². The molecule has 1 saturated carbocycles. The Morgan fingerprint density at radius 1 is 0.647 bits per heavy atom. The molecule has 7 rings (SSSR count). The van der Waals surface area contributed by atoms with Crippen molar-refractivity contribution in [2.24, 2.45) is 5.92 Å². The summed E-state index contributed by atoms with van der Waals surface area (Å²) in [4.78, 5) is 19.5. The highest BCUT2D eigenvalue weighted by Gasteiger charge is 2.34. The minimum atomic E-state index is 0.660. The molecule has 3 aromatic rings. The molecule has 3 aliphatic heterocycles. The third kappa shape index (κ3) is 3.65. The van der Waals surface area contributed by atoms with Gasteiger partial charge in [0.05, 0.1) is 34.0 Å². The number of piperidine rings is 1. The largest absolute Gasteiger partial charge is 0.367 e. The van der Waals surface area contributed by atoms with Crippen LogP contribution >= 0.6 is 0 Å². The molecule has 2 unspecified atom stereocenters. The van der Waals surface area contributed by atoms with Crippen molar-refractivity contribution < 1.29 is 0 Å². The minimum absolute atomic E-state index is 0.660. The van der Waals surface area contributed by atoms with Crippen molar-refractivity contribution in [3.05, 3.63) is 65.2 Å².